The number of nitrogens with zero attached hydrogens (tertiary/aromatic N) is 3. The number of hydrogen-bond donors (Lipinski definition) is 1. The Kier molecular flexibility index (Phi) is 8.52. The van der Waals surface area contributed by atoms with E-state index in [0.29, 0.717) is 18.9 Å². The minimum Gasteiger partial charge on any atom is -0.378 e. The van der Waals surface area contributed by atoms with Crippen molar-refractivity contribution in [1.29, 1.82) is 0 Å². The van der Waals surface area contributed by atoms with E-state index in [9.17, 15) is 9.18 Å². The van der Waals surface area contributed by atoms with E-state index in [-0.39, 0.29) is 29.8 Å². The number of hydrogen-bond acceptors (Lipinski definition) is 4. The molecule has 1 aromatic heterocycles. The number of nitrogens with one attached hydrogen (secondary N) is 1. The molecule has 2 aliphatic heterocycles. The van der Waals surface area contributed by atoms with Crippen LogP contribution in [0.25, 0.3) is 10.9 Å². The summed E-state index contributed by atoms with van der Waals surface area (Å²) in [5, 5.41) is 9.00. The summed E-state index contributed by atoms with van der Waals surface area (Å²) in [6.07, 6.45) is 9.03. The van der Waals surface area contributed by atoms with Crippen LogP contribution in [-0.2, 0) is 17.8 Å². The first-order chi connectivity index (χ1) is 18.1. The summed E-state index contributed by atoms with van der Waals surface area (Å²) in [5.74, 6) is -0.301. The van der Waals surface area contributed by atoms with Crippen LogP contribution < -0.4 is 5.32 Å². The molecule has 6 nitrogen and oxygen atoms in total. The second-order valence-corrected chi connectivity index (χ2v) is 10.6. The summed E-state index contributed by atoms with van der Waals surface area (Å²) >= 11 is 0. The monoisotopic (exact) mass is 506 g/mol. The molecule has 37 heavy (non-hydrogen) atoms. The molecule has 2 aromatic carbocycles. The Hall–Kier alpha value is -2.77. The molecule has 3 aromatic rings. The number of fused-ring (bicyclic) bond motifs is 3. The van der Waals surface area contributed by atoms with Crippen LogP contribution in [0.2, 0.25) is 0 Å². The van der Waals surface area contributed by atoms with Crippen LogP contribution in [0.5, 0.6) is 0 Å². The highest BCUT2D eigenvalue weighted by Crippen LogP contribution is 2.30. The number of ether oxygens (including phenoxy) is 1. The Morgan fingerprint density at radius 3 is 2.46 bits per heavy atom. The molecule has 1 amide bonds. The lowest BCUT2D eigenvalue weighted by Crippen LogP contribution is -2.60. The summed E-state index contributed by atoms with van der Waals surface area (Å²) in [4.78, 5) is 15.9. The normalized spacial score (nSPS) is 21.8. The highest BCUT2D eigenvalue weighted by Gasteiger charge is 2.39. The Morgan fingerprint density at radius 1 is 1.00 bits per heavy atom. The van der Waals surface area contributed by atoms with E-state index in [4.69, 9.17) is 9.84 Å². The van der Waals surface area contributed by atoms with Crippen molar-refractivity contribution in [2.75, 3.05) is 13.2 Å². The predicted molar refractivity (Wildman–Crippen MR) is 144 cm³/mol. The Labute approximate surface area is 219 Å². The van der Waals surface area contributed by atoms with E-state index in [2.05, 4.69) is 23.2 Å². The van der Waals surface area contributed by atoms with Gasteiger partial charge < -0.3 is 10.1 Å². The number of para-hydroxylation sites is 1. The first kappa shape index (κ1) is 25.9. The van der Waals surface area contributed by atoms with E-state index in [1.807, 2.05) is 35.0 Å². The van der Waals surface area contributed by atoms with Gasteiger partial charge in [0.2, 0.25) is 0 Å². The van der Waals surface area contributed by atoms with Gasteiger partial charge in [0.1, 0.15) is 5.82 Å². The van der Waals surface area contributed by atoms with Crippen molar-refractivity contribution in [3.8, 4) is 0 Å². The molecule has 2 atom stereocenters. The second-order valence-electron chi connectivity index (χ2n) is 10.6. The number of amides is 1. The number of aromatic nitrogens is 2. The minimum atomic E-state index is -0.212. The van der Waals surface area contributed by atoms with Gasteiger partial charge in [0.05, 0.1) is 18.7 Å². The third-order valence-corrected chi connectivity index (χ3v) is 7.88. The van der Waals surface area contributed by atoms with Crippen molar-refractivity contribution in [2.45, 2.75) is 89.5 Å². The largest absolute Gasteiger partial charge is 0.378 e. The van der Waals surface area contributed by atoms with Crippen LogP contribution in [-0.4, -0.2) is 51.9 Å². The van der Waals surface area contributed by atoms with Gasteiger partial charge in [-0.15, -0.1) is 0 Å². The lowest BCUT2D eigenvalue weighted by atomic mass is 9.89. The molecule has 5 rings (SSSR count). The number of benzene rings is 2. The maximum Gasteiger partial charge on any atom is 0.272 e. The zero-order valence-electron chi connectivity index (χ0n) is 21.9. The van der Waals surface area contributed by atoms with E-state index in [1.54, 1.807) is 0 Å². The van der Waals surface area contributed by atoms with Crippen LogP contribution in [0.4, 0.5) is 4.39 Å². The van der Waals surface area contributed by atoms with Gasteiger partial charge >= 0.3 is 0 Å². The first-order valence-electron chi connectivity index (χ1n) is 14.0. The highest BCUT2D eigenvalue weighted by molar-refractivity contribution is 6.05. The molecular weight excluding hydrogens is 467 g/mol. The molecule has 0 aliphatic carbocycles. The average molecular weight is 507 g/mol. The standard InChI is InChI=1S/C30H39FN4O2/c1-2-3-4-5-6-9-16-35-28-11-8-7-10-27(28)29(33-35)30(36)32-24-17-25-20-37-21-26(18-24)34(25)19-22-12-14-23(31)15-13-22/h7-8,10-15,24-26H,2-6,9,16-21H2,1H3,(H,32,36). The molecule has 0 saturated carbocycles. The van der Waals surface area contributed by atoms with Gasteiger partial charge in [-0.05, 0) is 43.0 Å². The molecule has 3 heterocycles. The fraction of sp³-hybridized carbons (Fsp3) is 0.533. The Balaban J connectivity index is 1.22. The fourth-order valence-electron chi connectivity index (χ4n) is 5.93. The van der Waals surface area contributed by atoms with Gasteiger partial charge in [-0.2, -0.15) is 5.10 Å². The third kappa shape index (κ3) is 6.21. The van der Waals surface area contributed by atoms with Crippen molar-refractivity contribution in [2.24, 2.45) is 0 Å². The van der Waals surface area contributed by atoms with Gasteiger partial charge in [-0.25, -0.2) is 4.39 Å². The number of carbonyl (C=O) groups is 1. The van der Waals surface area contributed by atoms with Gasteiger partial charge in [-0.1, -0.05) is 69.4 Å². The van der Waals surface area contributed by atoms with Gasteiger partial charge in [-0.3, -0.25) is 14.4 Å². The molecule has 0 spiro atoms. The van der Waals surface area contributed by atoms with Gasteiger partial charge in [0.25, 0.3) is 5.91 Å². The maximum absolute atomic E-state index is 13.4. The van der Waals surface area contributed by atoms with Crippen LogP contribution in [0.3, 0.4) is 0 Å². The number of aryl methyl sites for hydroxylation is 1. The van der Waals surface area contributed by atoms with E-state index in [0.717, 1.165) is 48.8 Å². The number of unbranched alkanes of at least 4 members (excludes halogenated alkanes) is 5. The van der Waals surface area contributed by atoms with Crippen molar-refractivity contribution < 1.29 is 13.9 Å². The molecule has 198 valence electrons. The van der Waals surface area contributed by atoms with Crippen molar-refractivity contribution >= 4 is 16.8 Å². The summed E-state index contributed by atoms with van der Waals surface area (Å²) in [6, 6.07) is 15.3. The molecule has 2 bridgehead atoms. The Morgan fingerprint density at radius 2 is 1.70 bits per heavy atom. The van der Waals surface area contributed by atoms with Crippen LogP contribution >= 0.6 is 0 Å². The van der Waals surface area contributed by atoms with E-state index < -0.39 is 0 Å². The third-order valence-electron chi connectivity index (χ3n) is 7.88. The summed E-state index contributed by atoms with van der Waals surface area (Å²) < 4.78 is 21.2. The summed E-state index contributed by atoms with van der Waals surface area (Å²) in [5.41, 5.74) is 2.65. The molecular formula is C30H39FN4O2. The van der Waals surface area contributed by atoms with Crippen molar-refractivity contribution in [1.82, 2.24) is 20.0 Å². The van der Waals surface area contributed by atoms with E-state index in [1.165, 1.54) is 44.2 Å². The second kappa shape index (κ2) is 12.2. The topological polar surface area (TPSA) is 59.4 Å². The maximum atomic E-state index is 13.4. The molecule has 2 fully saturated rings. The van der Waals surface area contributed by atoms with E-state index >= 15 is 0 Å². The van der Waals surface area contributed by atoms with Crippen molar-refractivity contribution in [3.63, 3.8) is 0 Å². The van der Waals surface area contributed by atoms with Crippen LogP contribution in [0.15, 0.2) is 48.5 Å². The van der Waals surface area contributed by atoms with Crippen molar-refractivity contribution in [3.05, 3.63) is 65.6 Å². The lowest BCUT2D eigenvalue weighted by molar-refractivity contribution is -0.0843. The molecule has 2 unspecified atom stereocenters. The average Bonchev–Trinajstić information content (AvgIpc) is 3.27. The zero-order valence-corrected chi connectivity index (χ0v) is 21.9. The molecule has 0 radical (unpaired) electrons. The van der Waals surface area contributed by atoms with Crippen LogP contribution in [0, 0.1) is 5.82 Å². The SMILES string of the molecule is CCCCCCCCn1nc(C(=O)NC2CC3COCC(C2)N3Cc2ccc(F)cc2)c2ccccc21. The number of piperidine rings is 1. The van der Waals surface area contributed by atoms with Gasteiger partial charge in [0, 0.05) is 36.6 Å². The highest BCUT2D eigenvalue weighted by atomic mass is 19.1. The zero-order chi connectivity index (χ0) is 25.6. The van der Waals surface area contributed by atoms with Crippen LogP contribution in [0.1, 0.15) is 74.3 Å². The molecule has 7 heteroatoms. The quantitative estimate of drug-likeness (QED) is 0.339. The number of halogens is 1. The number of morpholine rings is 1. The minimum absolute atomic E-state index is 0.0818. The Bertz CT molecular complexity index is 1160. The smallest absolute Gasteiger partial charge is 0.272 e. The number of rotatable bonds is 11. The lowest BCUT2D eigenvalue weighted by Gasteiger charge is -2.48. The molecule has 2 saturated heterocycles. The molecule has 1 N–H and O–H groups in total. The predicted octanol–water partition coefficient (Wildman–Crippen LogP) is 5.70. The van der Waals surface area contributed by atoms with Gasteiger partial charge in [0.15, 0.2) is 5.69 Å². The number of carbonyl (C=O) groups excluding carboxylic acids is 1. The molecule has 2 aliphatic rings. The summed E-state index contributed by atoms with van der Waals surface area (Å²) in [6.45, 7) is 5.15. The summed E-state index contributed by atoms with van der Waals surface area (Å²) in [7, 11) is 0. The first-order valence-corrected chi connectivity index (χ1v) is 14.0. The fourth-order valence-corrected chi connectivity index (χ4v) is 5.93.